The molecular formula is C31H34N4O2. The molecule has 6 heteroatoms. The normalized spacial score (nSPS) is 16.7. The molecule has 2 fully saturated rings. The molecule has 1 saturated carbocycles. The van der Waals surface area contributed by atoms with E-state index in [9.17, 15) is 0 Å². The van der Waals surface area contributed by atoms with Gasteiger partial charge in [0.2, 0.25) is 0 Å². The van der Waals surface area contributed by atoms with E-state index in [-0.39, 0.29) is 6.04 Å². The van der Waals surface area contributed by atoms with Crippen LogP contribution in [0.15, 0.2) is 72.8 Å². The van der Waals surface area contributed by atoms with Crippen LogP contribution in [0, 0.1) is 0 Å². The van der Waals surface area contributed by atoms with E-state index in [4.69, 9.17) is 19.4 Å². The highest BCUT2D eigenvalue weighted by molar-refractivity contribution is 5.92. The first-order chi connectivity index (χ1) is 18.2. The maximum Gasteiger partial charge on any atom is 0.162 e. The van der Waals surface area contributed by atoms with Crippen LogP contribution in [0.1, 0.15) is 48.2 Å². The summed E-state index contributed by atoms with van der Waals surface area (Å²) < 4.78 is 11.2. The Balaban J connectivity index is 1.33. The number of methoxy groups -OCH3 is 2. The molecule has 0 atom stereocenters. The second-order valence-electron chi connectivity index (χ2n) is 10.0. The Morgan fingerprint density at radius 2 is 1.35 bits per heavy atom. The van der Waals surface area contributed by atoms with Crippen LogP contribution in [0.3, 0.4) is 0 Å². The number of piperazine rings is 1. The lowest BCUT2D eigenvalue weighted by atomic mass is 9.85. The van der Waals surface area contributed by atoms with Crippen LogP contribution in [-0.2, 0) is 0 Å². The lowest BCUT2D eigenvalue weighted by Crippen LogP contribution is -2.48. The van der Waals surface area contributed by atoms with Crippen molar-refractivity contribution >= 4 is 16.7 Å². The molecule has 0 amide bonds. The van der Waals surface area contributed by atoms with E-state index in [0.29, 0.717) is 17.4 Å². The fourth-order valence-corrected chi connectivity index (χ4v) is 5.62. The Labute approximate surface area is 218 Å². The van der Waals surface area contributed by atoms with E-state index in [0.717, 1.165) is 48.7 Å². The predicted molar refractivity (Wildman–Crippen MR) is 148 cm³/mol. The molecule has 1 saturated heterocycles. The number of hydrogen-bond acceptors (Lipinski definition) is 6. The van der Waals surface area contributed by atoms with Gasteiger partial charge in [0.25, 0.3) is 0 Å². The molecule has 1 aromatic heterocycles. The van der Waals surface area contributed by atoms with Crippen molar-refractivity contribution < 1.29 is 9.47 Å². The van der Waals surface area contributed by atoms with E-state index in [2.05, 4.69) is 70.5 Å². The minimum Gasteiger partial charge on any atom is -0.493 e. The first-order valence-electron chi connectivity index (χ1n) is 13.3. The standard InChI is InChI=1S/C31H34N4O2/c1-36-27-20-25-26(21-28(27)37-2)32-30(24-14-9-15-24)33-31(25)35-18-16-34(17-19-35)29(22-10-5-3-6-11-22)23-12-7-4-8-13-23/h3-8,10-13,20-21,24,29H,9,14-19H2,1-2H3. The maximum absolute atomic E-state index is 5.64. The summed E-state index contributed by atoms with van der Waals surface area (Å²) in [5, 5.41) is 1.02. The zero-order valence-corrected chi connectivity index (χ0v) is 21.6. The minimum absolute atomic E-state index is 0.238. The van der Waals surface area contributed by atoms with E-state index in [1.165, 1.54) is 30.4 Å². The monoisotopic (exact) mass is 494 g/mol. The fourth-order valence-electron chi connectivity index (χ4n) is 5.62. The third-order valence-corrected chi connectivity index (χ3v) is 7.88. The molecule has 1 aliphatic carbocycles. The lowest BCUT2D eigenvalue weighted by Gasteiger charge is -2.40. The first-order valence-corrected chi connectivity index (χ1v) is 13.3. The molecule has 6 nitrogen and oxygen atoms in total. The topological polar surface area (TPSA) is 50.7 Å². The molecule has 0 N–H and O–H groups in total. The van der Waals surface area contributed by atoms with Crippen LogP contribution < -0.4 is 14.4 Å². The zero-order chi connectivity index (χ0) is 25.2. The highest BCUT2D eigenvalue weighted by atomic mass is 16.5. The van der Waals surface area contributed by atoms with Gasteiger partial charge in [0.05, 0.1) is 25.8 Å². The first kappa shape index (κ1) is 23.7. The smallest absolute Gasteiger partial charge is 0.162 e. The third-order valence-electron chi connectivity index (χ3n) is 7.88. The Kier molecular flexibility index (Phi) is 6.66. The quantitative estimate of drug-likeness (QED) is 0.322. The van der Waals surface area contributed by atoms with Gasteiger partial charge in [0.15, 0.2) is 11.5 Å². The summed E-state index contributed by atoms with van der Waals surface area (Å²) in [6, 6.07) is 26.0. The molecule has 0 unspecified atom stereocenters. The van der Waals surface area contributed by atoms with Crippen LogP contribution in [0.2, 0.25) is 0 Å². The van der Waals surface area contributed by atoms with Gasteiger partial charge in [-0.15, -0.1) is 0 Å². The van der Waals surface area contributed by atoms with Crippen LogP contribution in [0.4, 0.5) is 5.82 Å². The maximum atomic E-state index is 5.64. The second kappa shape index (κ2) is 10.4. The summed E-state index contributed by atoms with van der Waals surface area (Å²) in [6.07, 6.45) is 3.59. The van der Waals surface area contributed by atoms with Gasteiger partial charge in [-0.3, -0.25) is 4.90 Å². The number of aromatic nitrogens is 2. The van der Waals surface area contributed by atoms with Crippen LogP contribution in [0.5, 0.6) is 11.5 Å². The van der Waals surface area contributed by atoms with Gasteiger partial charge in [0.1, 0.15) is 11.6 Å². The van der Waals surface area contributed by atoms with Crippen LogP contribution in [0.25, 0.3) is 10.9 Å². The highest BCUT2D eigenvalue weighted by Crippen LogP contribution is 2.40. The van der Waals surface area contributed by atoms with Crippen LogP contribution >= 0.6 is 0 Å². The third kappa shape index (κ3) is 4.62. The summed E-state index contributed by atoms with van der Waals surface area (Å²) in [6.45, 7) is 3.71. The van der Waals surface area contributed by atoms with E-state index < -0.39 is 0 Å². The number of anilines is 1. The SMILES string of the molecule is COc1cc2nc(C3CCC3)nc(N3CCN(C(c4ccccc4)c4ccccc4)CC3)c2cc1OC. The Morgan fingerprint density at radius 1 is 0.757 bits per heavy atom. The number of ether oxygens (including phenoxy) is 2. The van der Waals surface area contributed by atoms with E-state index >= 15 is 0 Å². The molecule has 37 heavy (non-hydrogen) atoms. The molecule has 6 rings (SSSR count). The number of nitrogens with zero attached hydrogens (tertiary/aromatic N) is 4. The molecule has 0 bridgehead atoms. The minimum atomic E-state index is 0.238. The summed E-state index contributed by atoms with van der Waals surface area (Å²) in [5.74, 6) is 3.86. The average molecular weight is 495 g/mol. The number of fused-ring (bicyclic) bond motifs is 1. The van der Waals surface area contributed by atoms with Crippen molar-refractivity contribution in [3.63, 3.8) is 0 Å². The van der Waals surface area contributed by atoms with Gasteiger partial charge in [-0.25, -0.2) is 9.97 Å². The molecule has 0 spiro atoms. The van der Waals surface area contributed by atoms with Crippen molar-refractivity contribution in [3.05, 3.63) is 89.7 Å². The number of benzene rings is 3. The van der Waals surface area contributed by atoms with Gasteiger partial charge in [-0.2, -0.15) is 0 Å². The largest absolute Gasteiger partial charge is 0.493 e. The van der Waals surface area contributed by atoms with Gasteiger partial charge >= 0.3 is 0 Å². The summed E-state index contributed by atoms with van der Waals surface area (Å²) in [7, 11) is 3.35. The molecule has 1 aliphatic heterocycles. The summed E-state index contributed by atoms with van der Waals surface area (Å²) >= 11 is 0. The number of hydrogen-bond donors (Lipinski definition) is 0. The average Bonchev–Trinajstić information content (AvgIpc) is 2.93. The van der Waals surface area contributed by atoms with E-state index in [1.54, 1.807) is 14.2 Å². The molecule has 2 heterocycles. The summed E-state index contributed by atoms with van der Waals surface area (Å²) in [4.78, 5) is 15.2. The van der Waals surface area contributed by atoms with Crippen molar-refractivity contribution in [2.45, 2.75) is 31.2 Å². The van der Waals surface area contributed by atoms with Crippen molar-refractivity contribution in [1.29, 1.82) is 0 Å². The molecule has 190 valence electrons. The van der Waals surface area contributed by atoms with Gasteiger partial charge in [-0.05, 0) is 30.0 Å². The molecule has 0 radical (unpaired) electrons. The van der Waals surface area contributed by atoms with Crippen LogP contribution in [-0.4, -0.2) is 55.3 Å². The molecule has 3 aromatic carbocycles. The van der Waals surface area contributed by atoms with Gasteiger partial charge in [0, 0.05) is 43.5 Å². The molecule has 4 aromatic rings. The van der Waals surface area contributed by atoms with Crippen molar-refractivity contribution in [2.75, 3.05) is 45.3 Å². The Bertz CT molecular complexity index is 1310. The van der Waals surface area contributed by atoms with Crippen molar-refractivity contribution in [2.24, 2.45) is 0 Å². The molecule has 2 aliphatic rings. The summed E-state index contributed by atoms with van der Waals surface area (Å²) in [5.41, 5.74) is 3.59. The van der Waals surface area contributed by atoms with E-state index in [1.807, 2.05) is 12.1 Å². The Hall–Kier alpha value is -3.64. The lowest BCUT2D eigenvalue weighted by molar-refractivity contribution is 0.212. The van der Waals surface area contributed by atoms with Crippen molar-refractivity contribution in [3.8, 4) is 11.5 Å². The van der Waals surface area contributed by atoms with Crippen molar-refractivity contribution in [1.82, 2.24) is 14.9 Å². The molecular weight excluding hydrogens is 460 g/mol. The van der Waals surface area contributed by atoms with Gasteiger partial charge in [-0.1, -0.05) is 67.1 Å². The van der Waals surface area contributed by atoms with Gasteiger partial charge < -0.3 is 14.4 Å². The number of rotatable bonds is 7. The Morgan fingerprint density at radius 3 is 1.89 bits per heavy atom. The predicted octanol–water partition coefficient (Wildman–Crippen LogP) is 5.83. The second-order valence-corrected chi connectivity index (χ2v) is 10.0. The zero-order valence-electron chi connectivity index (χ0n) is 21.6. The fraction of sp³-hybridized carbons (Fsp3) is 0.355. The highest BCUT2D eigenvalue weighted by Gasteiger charge is 2.30.